The first kappa shape index (κ1) is 18.4. The molecule has 0 aliphatic carbocycles. The van der Waals surface area contributed by atoms with Crippen LogP contribution in [-0.2, 0) is 0 Å². The van der Waals surface area contributed by atoms with Crippen LogP contribution < -0.4 is 0 Å². The van der Waals surface area contributed by atoms with Gasteiger partial charge >= 0.3 is 0 Å². The average molecular weight is 420 g/mol. The number of aromatic amines is 2. The van der Waals surface area contributed by atoms with E-state index in [1.54, 1.807) is 12.4 Å². The Morgan fingerprint density at radius 2 is 1.69 bits per heavy atom. The Morgan fingerprint density at radius 3 is 2.53 bits per heavy atom. The molecule has 2 aromatic carbocycles. The highest BCUT2D eigenvalue weighted by molar-refractivity contribution is 5.96. The first-order valence-corrected chi connectivity index (χ1v) is 10.2. The molecule has 0 radical (unpaired) electrons. The molecule has 6 rings (SSSR count). The van der Waals surface area contributed by atoms with Gasteiger partial charge in [-0.05, 0) is 60.5 Å². The van der Waals surface area contributed by atoms with Crippen molar-refractivity contribution in [1.82, 2.24) is 30.1 Å². The van der Waals surface area contributed by atoms with Gasteiger partial charge in [0.05, 0.1) is 22.2 Å². The first-order chi connectivity index (χ1) is 15.7. The van der Waals surface area contributed by atoms with Crippen LogP contribution in [0.15, 0.2) is 73.1 Å². The molecule has 0 amide bonds. The predicted octanol–water partition coefficient (Wildman–Crippen LogP) is 5.68. The van der Waals surface area contributed by atoms with E-state index in [9.17, 15) is 4.39 Å². The molecule has 0 bridgehead atoms. The predicted molar refractivity (Wildman–Crippen MR) is 122 cm³/mol. The van der Waals surface area contributed by atoms with Gasteiger partial charge in [0.2, 0.25) is 0 Å². The first-order valence-electron chi connectivity index (χ1n) is 10.2. The van der Waals surface area contributed by atoms with E-state index in [2.05, 4.69) is 20.2 Å². The Kier molecular flexibility index (Phi) is 4.07. The lowest BCUT2D eigenvalue weighted by molar-refractivity contribution is 0.627. The third kappa shape index (κ3) is 3.02. The van der Waals surface area contributed by atoms with Gasteiger partial charge < -0.3 is 4.98 Å². The van der Waals surface area contributed by atoms with Crippen LogP contribution in [-0.4, -0.2) is 30.1 Å². The number of hydrogen-bond acceptors (Lipinski definition) is 4. The summed E-state index contributed by atoms with van der Waals surface area (Å²) < 4.78 is 14.0. The smallest absolute Gasteiger partial charge is 0.161 e. The van der Waals surface area contributed by atoms with Gasteiger partial charge in [-0.1, -0.05) is 18.2 Å². The summed E-state index contributed by atoms with van der Waals surface area (Å²) in [5.74, 6) is 0.338. The van der Waals surface area contributed by atoms with Crippen molar-refractivity contribution >= 4 is 22.1 Å². The lowest BCUT2D eigenvalue weighted by atomic mass is 10.0. The largest absolute Gasteiger partial charge is 0.336 e. The molecule has 154 valence electrons. The molecule has 0 aliphatic rings. The molecule has 0 atom stereocenters. The summed E-state index contributed by atoms with van der Waals surface area (Å²) in [7, 11) is 0. The molecule has 0 fully saturated rings. The van der Waals surface area contributed by atoms with Crippen LogP contribution in [0.1, 0.15) is 5.56 Å². The normalized spacial score (nSPS) is 11.4. The third-order valence-corrected chi connectivity index (χ3v) is 5.47. The van der Waals surface area contributed by atoms with Gasteiger partial charge in [0.25, 0.3) is 0 Å². The van der Waals surface area contributed by atoms with Crippen LogP contribution in [0.3, 0.4) is 0 Å². The zero-order valence-electron chi connectivity index (χ0n) is 17.1. The summed E-state index contributed by atoms with van der Waals surface area (Å²) in [5.41, 5.74) is 8.09. The number of para-hydroxylation sites is 1. The number of rotatable bonds is 3. The fourth-order valence-electron chi connectivity index (χ4n) is 4.02. The molecule has 32 heavy (non-hydrogen) atoms. The van der Waals surface area contributed by atoms with E-state index in [4.69, 9.17) is 9.97 Å². The lowest BCUT2D eigenvalue weighted by Gasteiger charge is -2.04. The zero-order valence-corrected chi connectivity index (χ0v) is 17.1. The summed E-state index contributed by atoms with van der Waals surface area (Å²) in [6, 6.07) is 18.6. The number of hydrogen-bond donors (Lipinski definition) is 2. The Morgan fingerprint density at radius 1 is 0.812 bits per heavy atom. The van der Waals surface area contributed by atoms with Gasteiger partial charge in [-0.2, -0.15) is 5.10 Å². The number of aromatic nitrogens is 6. The Labute approximate surface area is 182 Å². The van der Waals surface area contributed by atoms with Gasteiger partial charge in [-0.25, -0.2) is 14.4 Å². The number of fused-ring (bicyclic) bond motifs is 2. The second-order valence-electron chi connectivity index (χ2n) is 7.71. The standard InChI is InChI=1S/C25H17FN6/c1-14-11-16(13-17(26)12-14)18-3-2-4-20-22(18)30-25(29-20)24-23-21(31-32-24)6-5-19(28-23)15-7-9-27-10-8-15/h2-13H,1H3,(H,29,30)(H,31,32). The minimum Gasteiger partial charge on any atom is -0.336 e. The summed E-state index contributed by atoms with van der Waals surface area (Å²) in [4.78, 5) is 17.1. The van der Waals surface area contributed by atoms with Crippen molar-refractivity contribution in [3.63, 3.8) is 0 Å². The Balaban J connectivity index is 1.52. The van der Waals surface area contributed by atoms with Crippen molar-refractivity contribution in [2.24, 2.45) is 0 Å². The molecule has 4 aromatic heterocycles. The van der Waals surface area contributed by atoms with Crippen molar-refractivity contribution in [3.05, 3.63) is 84.4 Å². The number of nitrogens with one attached hydrogen (secondary N) is 2. The summed E-state index contributed by atoms with van der Waals surface area (Å²) in [5, 5.41) is 7.51. The van der Waals surface area contributed by atoms with Gasteiger partial charge in [0, 0.05) is 23.5 Å². The summed E-state index contributed by atoms with van der Waals surface area (Å²) in [6.07, 6.45) is 3.48. The maximum absolute atomic E-state index is 14.0. The Hall–Kier alpha value is -4.39. The molecule has 0 unspecified atom stereocenters. The maximum atomic E-state index is 14.0. The number of H-pyrrole nitrogens is 2. The monoisotopic (exact) mass is 420 g/mol. The molecule has 7 heteroatoms. The highest BCUT2D eigenvalue weighted by atomic mass is 19.1. The molecule has 4 heterocycles. The summed E-state index contributed by atoms with van der Waals surface area (Å²) >= 11 is 0. The van der Waals surface area contributed by atoms with Crippen molar-refractivity contribution < 1.29 is 4.39 Å². The maximum Gasteiger partial charge on any atom is 0.161 e. The highest BCUT2D eigenvalue weighted by Crippen LogP contribution is 2.32. The van der Waals surface area contributed by atoms with E-state index in [0.29, 0.717) is 11.5 Å². The third-order valence-electron chi connectivity index (χ3n) is 5.47. The average Bonchev–Trinajstić information content (AvgIpc) is 3.42. The number of benzene rings is 2. The van der Waals surface area contributed by atoms with Crippen molar-refractivity contribution in [2.45, 2.75) is 6.92 Å². The molecule has 6 nitrogen and oxygen atoms in total. The molecule has 0 saturated heterocycles. The molecule has 0 spiro atoms. The molecular weight excluding hydrogens is 403 g/mol. The molecule has 0 saturated carbocycles. The fraction of sp³-hybridized carbons (Fsp3) is 0.0400. The van der Waals surface area contributed by atoms with Crippen LogP contribution >= 0.6 is 0 Å². The van der Waals surface area contributed by atoms with E-state index in [-0.39, 0.29) is 5.82 Å². The van der Waals surface area contributed by atoms with Gasteiger partial charge in [0.15, 0.2) is 11.5 Å². The van der Waals surface area contributed by atoms with Gasteiger partial charge in [0.1, 0.15) is 11.3 Å². The quantitative estimate of drug-likeness (QED) is 0.386. The Bertz CT molecular complexity index is 1580. The van der Waals surface area contributed by atoms with Crippen LogP contribution in [0.4, 0.5) is 4.39 Å². The van der Waals surface area contributed by atoms with E-state index in [1.165, 1.54) is 12.1 Å². The van der Waals surface area contributed by atoms with E-state index in [1.807, 2.05) is 55.5 Å². The van der Waals surface area contributed by atoms with Crippen molar-refractivity contribution in [2.75, 3.05) is 0 Å². The number of nitrogens with zero attached hydrogens (tertiary/aromatic N) is 4. The van der Waals surface area contributed by atoms with Crippen LogP contribution in [0, 0.1) is 12.7 Å². The second-order valence-corrected chi connectivity index (χ2v) is 7.71. The van der Waals surface area contributed by atoms with Crippen LogP contribution in [0.25, 0.3) is 56.0 Å². The number of aryl methyl sites for hydroxylation is 1. The number of imidazole rings is 1. The summed E-state index contributed by atoms with van der Waals surface area (Å²) in [6.45, 7) is 1.88. The molecule has 2 N–H and O–H groups in total. The van der Waals surface area contributed by atoms with Crippen molar-refractivity contribution in [3.8, 4) is 33.9 Å². The van der Waals surface area contributed by atoms with E-state index < -0.39 is 0 Å². The fourth-order valence-corrected chi connectivity index (χ4v) is 4.02. The topological polar surface area (TPSA) is 83.1 Å². The molecule has 6 aromatic rings. The van der Waals surface area contributed by atoms with Crippen molar-refractivity contribution in [1.29, 1.82) is 0 Å². The number of halogens is 1. The lowest BCUT2D eigenvalue weighted by Crippen LogP contribution is -1.87. The minimum absolute atomic E-state index is 0.265. The number of pyridine rings is 2. The van der Waals surface area contributed by atoms with Gasteiger partial charge in [-0.15, -0.1) is 0 Å². The second kappa shape index (κ2) is 7.09. The molecular formula is C25H17FN6. The van der Waals surface area contributed by atoms with Crippen LogP contribution in [0.5, 0.6) is 0 Å². The molecule has 0 aliphatic heterocycles. The zero-order chi connectivity index (χ0) is 21.7. The highest BCUT2D eigenvalue weighted by Gasteiger charge is 2.17. The minimum atomic E-state index is -0.265. The van der Waals surface area contributed by atoms with E-state index >= 15 is 0 Å². The SMILES string of the molecule is Cc1cc(F)cc(-c2cccc3[nH]c(-c4n[nH]c5ccc(-c6ccncc6)nc45)nc23)c1. The van der Waals surface area contributed by atoms with Gasteiger partial charge in [-0.3, -0.25) is 10.1 Å². The van der Waals surface area contributed by atoms with Crippen LogP contribution in [0.2, 0.25) is 0 Å². The van der Waals surface area contributed by atoms with E-state index in [0.717, 1.165) is 50.0 Å².